The Hall–Kier alpha value is -1.85. The molecule has 2 aromatic carbocycles. The molecule has 0 saturated carbocycles. The highest BCUT2D eigenvalue weighted by atomic mass is 79.9. The standard InChI is InChI=1S/C19H18BrN3S/c1-3-10-23-18(16-8-4-6-14(2)11-16)21-22-19(23)24-13-15-7-5-9-17(20)12-15/h3-9,11-12H,1,10,13H2,2H3. The average molecular weight is 400 g/mol. The van der Waals surface area contributed by atoms with Gasteiger partial charge < -0.3 is 0 Å². The summed E-state index contributed by atoms with van der Waals surface area (Å²) in [5, 5.41) is 9.71. The third-order valence-electron chi connectivity index (χ3n) is 3.56. The molecule has 3 aromatic rings. The van der Waals surface area contributed by atoms with Gasteiger partial charge in [-0.1, -0.05) is 69.7 Å². The summed E-state index contributed by atoms with van der Waals surface area (Å²) in [5.41, 5.74) is 3.54. The second-order valence-electron chi connectivity index (χ2n) is 5.49. The van der Waals surface area contributed by atoms with Crippen LogP contribution in [0.1, 0.15) is 11.1 Å². The second-order valence-corrected chi connectivity index (χ2v) is 7.35. The quantitative estimate of drug-likeness (QED) is 0.405. The van der Waals surface area contributed by atoms with Crippen LogP contribution in [-0.4, -0.2) is 14.8 Å². The Morgan fingerprint density at radius 2 is 2.00 bits per heavy atom. The third kappa shape index (κ3) is 3.97. The first-order chi connectivity index (χ1) is 11.7. The van der Waals surface area contributed by atoms with Crippen molar-refractivity contribution in [2.45, 2.75) is 24.4 Å². The normalized spacial score (nSPS) is 10.8. The van der Waals surface area contributed by atoms with Crippen LogP contribution in [-0.2, 0) is 12.3 Å². The largest absolute Gasteiger partial charge is 0.298 e. The van der Waals surface area contributed by atoms with Gasteiger partial charge in [0.2, 0.25) is 0 Å². The highest BCUT2D eigenvalue weighted by Crippen LogP contribution is 2.27. The topological polar surface area (TPSA) is 30.7 Å². The van der Waals surface area contributed by atoms with Crippen LogP contribution in [0.5, 0.6) is 0 Å². The van der Waals surface area contributed by atoms with E-state index in [-0.39, 0.29) is 0 Å². The molecule has 0 amide bonds. The molecule has 3 nitrogen and oxygen atoms in total. The third-order valence-corrected chi connectivity index (χ3v) is 5.09. The van der Waals surface area contributed by atoms with E-state index in [9.17, 15) is 0 Å². The number of nitrogens with zero attached hydrogens (tertiary/aromatic N) is 3. The number of halogens is 1. The predicted molar refractivity (Wildman–Crippen MR) is 104 cm³/mol. The van der Waals surface area contributed by atoms with Crippen LogP contribution >= 0.6 is 27.7 Å². The molecular weight excluding hydrogens is 382 g/mol. The van der Waals surface area contributed by atoms with Gasteiger partial charge in [0.25, 0.3) is 0 Å². The summed E-state index contributed by atoms with van der Waals surface area (Å²) < 4.78 is 3.21. The van der Waals surface area contributed by atoms with Crippen molar-refractivity contribution < 1.29 is 0 Å². The van der Waals surface area contributed by atoms with E-state index in [2.05, 4.69) is 74.5 Å². The molecule has 0 spiro atoms. The molecule has 0 saturated heterocycles. The highest BCUT2D eigenvalue weighted by molar-refractivity contribution is 9.10. The lowest BCUT2D eigenvalue weighted by molar-refractivity contribution is 0.731. The molecule has 0 fully saturated rings. The number of thioether (sulfide) groups is 1. The van der Waals surface area contributed by atoms with Crippen LogP contribution in [0.3, 0.4) is 0 Å². The number of allylic oxidation sites excluding steroid dienone is 1. The van der Waals surface area contributed by atoms with Crippen molar-refractivity contribution >= 4 is 27.7 Å². The van der Waals surface area contributed by atoms with E-state index >= 15 is 0 Å². The summed E-state index contributed by atoms with van der Waals surface area (Å²) in [6, 6.07) is 16.7. The highest BCUT2D eigenvalue weighted by Gasteiger charge is 2.13. The number of hydrogen-bond donors (Lipinski definition) is 0. The summed E-state index contributed by atoms with van der Waals surface area (Å²) in [6.45, 7) is 6.64. The van der Waals surface area contributed by atoms with Gasteiger partial charge in [-0.25, -0.2) is 0 Å². The van der Waals surface area contributed by atoms with Crippen molar-refractivity contribution in [3.63, 3.8) is 0 Å². The number of hydrogen-bond acceptors (Lipinski definition) is 3. The summed E-state index contributed by atoms with van der Waals surface area (Å²) in [7, 11) is 0. The van der Waals surface area contributed by atoms with Gasteiger partial charge in [-0.3, -0.25) is 4.57 Å². The molecule has 3 rings (SSSR count). The van der Waals surface area contributed by atoms with Gasteiger partial charge in [-0.2, -0.15) is 0 Å². The van der Waals surface area contributed by atoms with E-state index in [0.29, 0.717) is 6.54 Å². The van der Waals surface area contributed by atoms with Gasteiger partial charge in [0.15, 0.2) is 11.0 Å². The lowest BCUT2D eigenvalue weighted by atomic mass is 10.1. The number of aromatic nitrogens is 3. The van der Waals surface area contributed by atoms with E-state index in [1.165, 1.54) is 11.1 Å². The summed E-state index contributed by atoms with van der Waals surface area (Å²) >= 11 is 5.20. The van der Waals surface area contributed by atoms with Crippen LogP contribution in [0.15, 0.2) is 70.8 Å². The molecule has 0 aliphatic carbocycles. The maximum absolute atomic E-state index is 4.41. The molecule has 0 bridgehead atoms. The maximum atomic E-state index is 4.41. The summed E-state index contributed by atoms with van der Waals surface area (Å²) in [6.07, 6.45) is 1.88. The molecule has 5 heteroatoms. The van der Waals surface area contributed by atoms with Crippen LogP contribution in [0.4, 0.5) is 0 Å². The Kier molecular flexibility index (Phi) is 5.53. The number of rotatable bonds is 6. The van der Waals surface area contributed by atoms with Crippen molar-refractivity contribution in [1.29, 1.82) is 0 Å². The smallest absolute Gasteiger partial charge is 0.192 e. The van der Waals surface area contributed by atoms with E-state index in [1.807, 2.05) is 24.3 Å². The molecule has 0 atom stereocenters. The lowest BCUT2D eigenvalue weighted by Crippen LogP contribution is -2.00. The molecule has 0 aliphatic rings. The Balaban J connectivity index is 1.87. The molecule has 0 unspecified atom stereocenters. The fourth-order valence-electron chi connectivity index (χ4n) is 2.46. The maximum Gasteiger partial charge on any atom is 0.192 e. The van der Waals surface area contributed by atoms with E-state index in [4.69, 9.17) is 0 Å². The zero-order valence-electron chi connectivity index (χ0n) is 13.4. The van der Waals surface area contributed by atoms with Crippen molar-refractivity contribution in [2.24, 2.45) is 0 Å². The monoisotopic (exact) mass is 399 g/mol. The number of benzene rings is 2. The van der Waals surface area contributed by atoms with Gasteiger partial charge in [0, 0.05) is 22.3 Å². The van der Waals surface area contributed by atoms with Crippen LogP contribution in [0.25, 0.3) is 11.4 Å². The molecule has 122 valence electrons. The first-order valence-corrected chi connectivity index (χ1v) is 9.43. The van der Waals surface area contributed by atoms with Gasteiger partial charge in [-0.15, -0.1) is 16.8 Å². The van der Waals surface area contributed by atoms with Crippen LogP contribution < -0.4 is 0 Å². The lowest BCUT2D eigenvalue weighted by Gasteiger charge is -2.08. The number of aryl methyl sites for hydroxylation is 1. The van der Waals surface area contributed by atoms with Crippen molar-refractivity contribution in [1.82, 2.24) is 14.8 Å². The van der Waals surface area contributed by atoms with E-state index in [1.54, 1.807) is 11.8 Å². The minimum absolute atomic E-state index is 0.692. The molecule has 0 radical (unpaired) electrons. The van der Waals surface area contributed by atoms with E-state index in [0.717, 1.165) is 26.8 Å². The van der Waals surface area contributed by atoms with Crippen LogP contribution in [0.2, 0.25) is 0 Å². The Labute approximate surface area is 154 Å². The van der Waals surface area contributed by atoms with Gasteiger partial charge in [-0.05, 0) is 30.7 Å². The molecule has 1 heterocycles. The van der Waals surface area contributed by atoms with Gasteiger partial charge in [0.1, 0.15) is 0 Å². The Morgan fingerprint density at radius 1 is 1.17 bits per heavy atom. The SMILES string of the molecule is C=CCn1c(SCc2cccc(Br)c2)nnc1-c1cccc(C)c1. The van der Waals surface area contributed by atoms with Crippen molar-refractivity contribution in [3.05, 3.63) is 76.8 Å². The van der Waals surface area contributed by atoms with Crippen LogP contribution in [0, 0.1) is 6.92 Å². The first kappa shape index (κ1) is 17.0. The minimum atomic E-state index is 0.692. The van der Waals surface area contributed by atoms with Gasteiger partial charge >= 0.3 is 0 Å². The minimum Gasteiger partial charge on any atom is -0.298 e. The summed E-state index contributed by atoms with van der Waals surface area (Å²) in [5.74, 6) is 1.73. The molecular formula is C19H18BrN3S. The average Bonchev–Trinajstić information content (AvgIpc) is 2.96. The molecule has 0 aliphatic heterocycles. The predicted octanol–water partition coefficient (Wildman–Crippen LogP) is 5.49. The zero-order chi connectivity index (χ0) is 16.9. The van der Waals surface area contributed by atoms with E-state index < -0.39 is 0 Å². The molecule has 0 N–H and O–H groups in total. The fraction of sp³-hybridized carbons (Fsp3) is 0.158. The molecule has 24 heavy (non-hydrogen) atoms. The second kappa shape index (κ2) is 7.81. The Bertz CT molecular complexity index is 857. The Morgan fingerprint density at radius 3 is 2.75 bits per heavy atom. The van der Waals surface area contributed by atoms with Crippen molar-refractivity contribution in [3.8, 4) is 11.4 Å². The zero-order valence-corrected chi connectivity index (χ0v) is 15.8. The van der Waals surface area contributed by atoms with Crippen molar-refractivity contribution in [2.75, 3.05) is 0 Å². The molecule has 1 aromatic heterocycles. The summed E-state index contributed by atoms with van der Waals surface area (Å²) in [4.78, 5) is 0. The first-order valence-electron chi connectivity index (χ1n) is 7.66. The fourth-order valence-corrected chi connectivity index (χ4v) is 3.80. The van der Waals surface area contributed by atoms with Gasteiger partial charge in [0.05, 0.1) is 0 Å².